The first-order chi connectivity index (χ1) is 29.0. The number of nitrogens with one attached hydrogen (secondary N) is 3. The van der Waals surface area contributed by atoms with Gasteiger partial charge >= 0.3 is 0 Å². The van der Waals surface area contributed by atoms with Crippen molar-refractivity contribution in [2.75, 3.05) is 63.8 Å². The van der Waals surface area contributed by atoms with Crippen molar-refractivity contribution >= 4 is 40.3 Å². The summed E-state index contributed by atoms with van der Waals surface area (Å²) in [4.78, 5) is 46.8. The van der Waals surface area contributed by atoms with E-state index in [1.807, 2.05) is 73.4 Å². The fourth-order valence-electron chi connectivity index (χ4n) is 7.89. The van der Waals surface area contributed by atoms with Crippen LogP contribution in [0, 0.1) is 5.92 Å². The Morgan fingerprint density at radius 1 is 0.850 bits per heavy atom. The molecule has 0 saturated heterocycles. The number of thiophene rings is 1. The predicted octanol–water partition coefficient (Wildman–Crippen LogP) is 6.46. The van der Waals surface area contributed by atoms with Gasteiger partial charge in [-0.2, -0.15) is 11.3 Å². The molecule has 1 aliphatic carbocycles. The summed E-state index contributed by atoms with van der Waals surface area (Å²) in [7, 11) is 8.24. The molecule has 2 heterocycles. The fraction of sp³-hybridized carbons (Fsp3) is 0.438. The summed E-state index contributed by atoms with van der Waals surface area (Å²) in [5, 5.41) is 16.9. The molecule has 4 aromatic rings. The van der Waals surface area contributed by atoms with Crippen LogP contribution in [0.3, 0.4) is 0 Å². The monoisotopic (exact) mass is 850 g/mol. The number of rotatable bonds is 25. The maximum Gasteiger partial charge on any atom is 0.253 e. The van der Waals surface area contributed by atoms with E-state index < -0.39 is 17.0 Å². The Morgan fingerprint density at radius 2 is 1.53 bits per heavy atom. The lowest BCUT2D eigenvalue weighted by Crippen LogP contribution is -2.53. The van der Waals surface area contributed by atoms with Gasteiger partial charge in [-0.05, 0) is 118 Å². The van der Waals surface area contributed by atoms with Crippen molar-refractivity contribution in [3.05, 3.63) is 150 Å². The number of thioether (sulfide) groups is 1. The molecular weight excluding hydrogens is 789 g/mol. The van der Waals surface area contributed by atoms with Gasteiger partial charge in [0.25, 0.3) is 10.9 Å². The molecular formula is C48H62N6O4S2. The summed E-state index contributed by atoms with van der Waals surface area (Å²) < 4.78 is 6.28. The van der Waals surface area contributed by atoms with Gasteiger partial charge in [-0.1, -0.05) is 73.7 Å². The SMILES string of the molecule is CCC(CC1C=CSC1)NC1=C(NCC(Cc2ccccc2)N(C)C)C(O/C=C\CN(CC(Cc2ccccc2)N(C)C)c2c(NC(C)Cc3ccsc3)c(=O)c2=O)C1=O. The van der Waals surface area contributed by atoms with Gasteiger partial charge in [-0.3, -0.25) is 14.4 Å². The molecule has 6 atom stereocenters. The molecule has 320 valence electrons. The first-order valence-corrected chi connectivity index (χ1v) is 23.2. The third-order valence-corrected chi connectivity index (χ3v) is 13.3. The van der Waals surface area contributed by atoms with Gasteiger partial charge in [-0.25, -0.2) is 0 Å². The first-order valence-electron chi connectivity index (χ1n) is 21.2. The number of Topliss-reactive ketones (excluding diaryl/α,β-unsaturated/α-hetero) is 1. The standard InChI is InChI=1S/C48H62N6O4S2/c1-7-38(26-37-20-24-60-32-37)51-41-42(49-29-39(52(3)4)27-34-15-10-8-11-16-34)48(46(41)56)58-22-14-21-54(30-40(53(5)6)28-35-17-12-9-13-18-35)44-43(45(55)47(44)57)50-33(2)25-36-19-23-59-31-36/h8-20,22-24,31,33,37-40,48-51H,7,21,25-30,32H2,1-6H3/b22-14-. The molecule has 3 aromatic carbocycles. The number of anilines is 2. The number of carbonyl (C=O) groups excluding carboxylic acids is 1. The van der Waals surface area contributed by atoms with E-state index >= 15 is 0 Å². The van der Waals surface area contributed by atoms with Crippen molar-refractivity contribution in [2.45, 2.75) is 76.2 Å². The summed E-state index contributed by atoms with van der Waals surface area (Å²) in [6, 6.07) is 23.1. The smallest absolute Gasteiger partial charge is 0.253 e. The molecule has 3 N–H and O–H groups in total. The largest absolute Gasteiger partial charge is 0.484 e. The van der Waals surface area contributed by atoms with E-state index in [-0.39, 0.29) is 30.0 Å². The zero-order valence-corrected chi connectivity index (χ0v) is 37.6. The van der Waals surface area contributed by atoms with Gasteiger partial charge in [0, 0.05) is 49.6 Å². The van der Waals surface area contributed by atoms with Gasteiger partial charge in [0.1, 0.15) is 17.1 Å². The van der Waals surface area contributed by atoms with Crippen molar-refractivity contribution in [3.8, 4) is 0 Å². The Labute approximate surface area is 364 Å². The maximum absolute atomic E-state index is 13.9. The van der Waals surface area contributed by atoms with Crippen molar-refractivity contribution in [1.82, 2.24) is 20.4 Å². The maximum atomic E-state index is 13.9. The van der Waals surface area contributed by atoms with E-state index in [1.165, 1.54) is 16.7 Å². The highest BCUT2D eigenvalue weighted by atomic mass is 32.2. The Hall–Kier alpha value is -4.62. The lowest BCUT2D eigenvalue weighted by molar-refractivity contribution is -0.126. The summed E-state index contributed by atoms with van der Waals surface area (Å²) in [5.41, 5.74) is 4.75. The molecule has 0 saturated carbocycles. The molecule has 0 spiro atoms. The number of ketones is 1. The van der Waals surface area contributed by atoms with Crippen LogP contribution in [0.2, 0.25) is 0 Å². The highest BCUT2D eigenvalue weighted by molar-refractivity contribution is 8.02. The van der Waals surface area contributed by atoms with Crippen molar-refractivity contribution in [1.29, 1.82) is 0 Å². The number of carbonyl (C=O) groups is 1. The third kappa shape index (κ3) is 11.8. The van der Waals surface area contributed by atoms with E-state index in [0.717, 1.165) is 43.6 Å². The average Bonchev–Trinajstić information content (AvgIpc) is 3.97. The highest BCUT2D eigenvalue weighted by Crippen LogP contribution is 2.29. The highest BCUT2D eigenvalue weighted by Gasteiger charge is 2.42. The Balaban J connectivity index is 1.21. The van der Waals surface area contributed by atoms with Crippen LogP contribution in [0.5, 0.6) is 0 Å². The number of allylic oxidation sites excluding steroid dienone is 1. The molecule has 0 amide bonds. The summed E-state index contributed by atoms with van der Waals surface area (Å²) in [5.74, 6) is 1.47. The number of ether oxygens (including phenoxy) is 1. The zero-order valence-electron chi connectivity index (χ0n) is 35.9. The van der Waals surface area contributed by atoms with Crippen LogP contribution in [0.25, 0.3) is 0 Å². The van der Waals surface area contributed by atoms with Crippen molar-refractivity contribution in [3.63, 3.8) is 0 Å². The quantitative estimate of drug-likeness (QED) is 0.0506. The topological polar surface area (TPSA) is 106 Å². The molecule has 1 aromatic heterocycles. The van der Waals surface area contributed by atoms with Crippen LogP contribution in [-0.4, -0.2) is 99.4 Å². The van der Waals surface area contributed by atoms with Gasteiger partial charge in [0.05, 0.1) is 12.0 Å². The fourth-order valence-corrected chi connectivity index (χ4v) is 9.51. The van der Waals surface area contributed by atoms with Crippen LogP contribution >= 0.6 is 23.1 Å². The number of likely N-dealkylation sites (N-methyl/N-ethyl adjacent to an activating group) is 2. The second kappa shape index (κ2) is 21.8. The normalized spacial score (nSPS) is 18.6. The van der Waals surface area contributed by atoms with Gasteiger partial charge in [0.15, 0.2) is 0 Å². The number of nitrogens with zero attached hydrogens (tertiary/aromatic N) is 3. The predicted molar refractivity (Wildman–Crippen MR) is 251 cm³/mol. The minimum atomic E-state index is -0.787. The molecule has 0 bridgehead atoms. The Bertz CT molecular complexity index is 2130. The molecule has 0 radical (unpaired) electrons. The van der Waals surface area contributed by atoms with Crippen LogP contribution in [-0.2, 0) is 28.8 Å². The minimum Gasteiger partial charge on any atom is -0.484 e. The van der Waals surface area contributed by atoms with E-state index in [4.69, 9.17) is 4.74 Å². The first kappa shape index (κ1) is 44.9. The van der Waals surface area contributed by atoms with Gasteiger partial charge in [-0.15, -0.1) is 11.8 Å². The summed E-state index contributed by atoms with van der Waals surface area (Å²) in [6.45, 7) is 5.62. The van der Waals surface area contributed by atoms with E-state index in [1.54, 1.807) is 17.6 Å². The molecule has 12 heteroatoms. The van der Waals surface area contributed by atoms with Crippen LogP contribution < -0.4 is 31.7 Å². The number of hydrogen-bond acceptors (Lipinski definition) is 12. The average molecular weight is 851 g/mol. The lowest BCUT2D eigenvalue weighted by Gasteiger charge is -2.36. The Kier molecular flexibility index (Phi) is 16.3. The third-order valence-electron chi connectivity index (χ3n) is 11.6. The molecule has 10 nitrogen and oxygen atoms in total. The second-order valence-corrected chi connectivity index (χ2v) is 18.3. The molecule has 6 rings (SSSR count). The summed E-state index contributed by atoms with van der Waals surface area (Å²) >= 11 is 3.48. The van der Waals surface area contributed by atoms with Crippen LogP contribution in [0.1, 0.15) is 43.4 Å². The van der Waals surface area contributed by atoms with E-state index in [0.29, 0.717) is 42.6 Å². The van der Waals surface area contributed by atoms with E-state index in [2.05, 4.69) is 106 Å². The number of hydrogen-bond donors (Lipinski definition) is 3. The lowest BCUT2D eigenvalue weighted by atomic mass is 9.91. The van der Waals surface area contributed by atoms with E-state index in [9.17, 15) is 14.4 Å². The molecule has 60 heavy (non-hydrogen) atoms. The minimum absolute atomic E-state index is 0.0353. The van der Waals surface area contributed by atoms with Crippen LogP contribution in [0.15, 0.2) is 122 Å². The summed E-state index contributed by atoms with van der Waals surface area (Å²) in [6.07, 6.45) is 9.11. The second-order valence-electron chi connectivity index (χ2n) is 16.6. The molecule has 2 aliphatic rings. The van der Waals surface area contributed by atoms with Gasteiger partial charge in [0.2, 0.25) is 11.9 Å². The van der Waals surface area contributed by atoms with Crippen molar-refractivity contribution in [2.24, 2.45) is 5.92 Å². The van der Waals surface area contributed by atoms with Crippen molar-refractivity contribution < 1.29 is 9.53 Å². The van der Waals surface area contributed by atoms with Crippen LogP contribution in [0.4, 0.5) is 11.4 Å². The molecule has 0 fully saturated rings. The number of benzene rings is 2. The van der Waals surface area contributed by atoms with Gasteiger partial charge < -0.3 is 35.4 Å². The Morgan fingerprint density at radius 3 is 2.13 bits per heavy atom. The molecule has 6 unspecified atom stereocenters. The zero-order chi connectivity index (χ0) is 42.6. The molecule has 1 aliphatic heterocycles.